The second-order valence-corrected chi connectivity index (χ2v) is 4.77. The molecular formula is C7H12BrI. The van der Waals surface area contributed by atoms with E-state index in [4.69, 9.17) is 0 Å². The van der Waals surface area contributed by atoms with Crippen LogP contribution in [0.4, 0.5) is 0 Å². The van der Waals surface area contributed by atoms with Gasteiger partial charge in [0.2, 0.25) is 0 Å². The zero-order valence-corrected chi connectivity index (χ0v) is 9.19. The molecule has 0 bridgehead atoms. The highest BCUT2D eigenvalue weighted by Gasteiger charge is 2.20. The van der Waals surface area contributed by atoms with E-state index >= 15 is 0 Å². The first-order valence-corrected chi connectivity index (χ1v) is 5.98. The van der Waals surface area contributed by atoms with Crippen LogP contribution in [-0.2, 0) is 0 Å². The summed E-state index contributed by atoms with van der Waals surface area (Å²) in [6, 6.07) is 0. The van der Waals surface area contributed by atoms with Crippen molar-refractivity contribution in [3.05, 3.63) is 0 Å². The summed E-state index contributed by atoms with van der Waals surface area (Å²) in [4.78, 5) is 0.822. The van der Waals surface area contributed by atoms with Gasteiger partial charge >= 0.3 is 0 Å². The Hall–Kier alpha value is 1.21. The number of rotatable bonds is 1. The molecule has 0 aromatic carbocycles. The van der Waals surface area contributed by atoms with Gasteiger partial charge in [0.1, 0.15) is 0 Å². The lowest BCUT2D eigenvalue weighted by atomic mass is 9.91. The molecule has 54 valence electrons. The van der Waals surface area contributed by atoms with Gasteiger partial charge in [-0.3, -0.25) is 0 Å². The smallest absolute Gasteiger partial charge is 0.0181 e. The average Bonchev–Trinajstić information content (AvgIpc) is 1.89. The molecule has 1 rings (SSSR count). The van der Waals surface area contributed by atoms with Crippen molar-refractivity contribution >= 4 is 38.5 Å². The predicted molar refractivity (Wildman–Crippen MR) is 53.6 cm³/mol. The molecule has 0 amide bonds. The second-order valence-electron chi connectivity index (χ2n) is 2.71. The van der Waals surface area contributed by atoms with E-state index < -0.39 is 0 Å². The van der Waals surface area contributed by atoms with Gasteiger partial charge in [0, 0.05) is 9.25 Å². The van der Waals surface area contributed by atoms with Gasteiger partial charge in [0.05, 0.1) is 0 Å². The van der Waals surface area contributed by atoms with Crippen LogP contribution in [0, 0.1) is 5.92 Å². The Morgan fingerprint density at radius 2 is 2.00 bits per heavy atom. The monoisotopic (exact) mass is 302 g/mol. The van der Waals surface area contributed by atoms with Crippen LogP contribution in [0.3, 0.4) is 0 Å². The lowest BCUT2D eigenvalue weighted by Gasteiger charge is -2.25. The van der Waals surface area contributed by atoms with Crippen molar-refractivity contribution in [3.8, 4) is 0 Å². The molecule has 0 radical (unpaired) electrons. The van der Waals surface area contributed by atoms with E-state index in [0.717, 1.165) is 10.7 Å². The highest BCUT2D eigenvalue weighted by molar-refractivity contribution is 14.1. The zero-order chi connectivity index (χ0) is 6.69. The molecule has 0 spiro atoms. The maximum atomic E-state index is 3.71. The summed E-state index contributed by atoms with van der Waals surface area (Å²) in [6.45, 7) is 0. The Bertz CT molecular complexity index is 85.0. The molecule has 0 aromatic heterocycles. The molecule has 1 aliphatic carbocycles. The number of hydrogen-bond donors (Lipinski definition) is 0. The molecule has 2 heteroatoms. The van der Waals surface area contributed by atoms with Crippen molar-refractivity contribution in [1.82, 2.24) is 0 Å². The molecular weight excluding hydrogens is 291 g/mol. The van der Waals surface area contributed by atoms with Gasteiger partial charge < -0.3 is 0 Å². The highest BCUT2D eigenvalue weighted by Crippen LogP contribution is 2.30. The summed E-state index contributed by atoms with van der Waals surface area (Å²) >= 11 is 6.20. The minimum Gasteiger partial charge on any atom is -0.0887 e. The Labute approximate surface area is 79.1 Å². The lowest BCUT2D eigenvalue weighted by Crippen LogP contribution is -2.19. The van der Waals surface area contributed by atoms with Crippen molar-refractivity contribution < 1.29 is 0 Å². The van der Waals surface area contributed by atoms with E-state index in [1.54, 1.807) is 0 Å². The normalized spacial score (nSPS) is 36.7. The van der Waals surface area contributed by atoms with Gasteiger partial charge in [0.25, 0.3) is 0 Å². The zero-order valence-electron chi connectivity index (χ0n) is 5.45. The number of alkyl halides is 2. The van der Waals surface area contributed by atoms with Crippen LogP contribution in [0.1, 0.15) is 25.7 Å². The maximum absolute atomic E-state index is 3.71. The third kappa shape index (κ3) is 2.37. The van der Waals surface area contributed by atoms with Gasteiger partial charge in [-0.15, -0.1) is 0 Å². The van der Waals surface area contributed by atoms with E-state index in [0.29, 0.717) is 0 Å². The first-order valence-electron chi connectivity index (χ1n) is 3.54. The standard InChI is InChI=1S/C7H12BrI/c8-7-4-2-1-3-6(7)5-9/h6-7H,1-5H2. The Kier molecular flexibility index (Phi) is 3.84. The average molecular weight is 303 g/mol. The largest absolute Gasteiger partial charge is 0.0887 e. The minimum atomic E-state index is 0.822. The third-order valence-corrected chi connectivity index (χ3v) is 4.35. The van der Waals surface area contributed by atoms with Crippen LogP contribution in [0.15, 0.2) is 0 Å². The van der Waals surface area contributed by atoms with Crippen LogP contribution in [-0.4, -0.2) is 9.25 Å². The van der Waals surface area contributed by atoms with Crippen LogP contribution in [0.25, 0.3) is 0 Å². The molecule has 0 heterocycles. The van der Waals surface area contributed by atoms with Gasteiger partial charge in [-0.2, -0.15) is 0 Å². The molecule has 1 saturated carbocycles. The molecule has 2 atom stereocenters. The summed E-state index contributed by atoms with van der Waals surface area (Å²) in [7, 11) is 0. The van der Waals surface area contributed by atoms with Crippen LogP contribution in [0.5, 0.6) is 0 Å². The maximum Gasteiger partial charge on any atom is 0.0181 e. The molecule has 0 nitrogen and oxygen atoms in total. The molecule has 9 heavy (non-hydrogen) atoms. The summed E-state index contributed by atoms with van der Waals surface area (Å²) in [5.74, 6) is 0.958. The topological polar surface area (TPSA) is 0 Å². The van der Waals surface area contributed by atoms with Crippen molar-refractivity contribution in [2.24, 2.45) is 5.92 Å². The third-order valence-electron chi connectivity index (χ3n) is 2.01. The first-order chi connectivity index (χ1) is 4.34. The molecule has 1 fully saturated rings. The fraction of sp³-hybridized carbons (Fsp3) is 1.00. The van der Waals surface area contributed by atoms with E-state index in [2.05, 4.69) is 38.5 Å². The van der Waals surface area contributed by atoms with E-state index in [1.165, 1.54) is 30.1 Å². The van der Waals surface area contributed by atoms with E-state index in [9.17, 15) is 0 Å². The van der Waals surface area contributed by atoms with Crippen LogP contribution < -0.4 is 0 Å². The van der Waals surface area contributed by atoms with Crippen molar-refractivity contribution in [2.75, 3.05) is 4.43 Å². The van der Waals surface area contributed by atoms with Crippen LogP contribution >= 0.6 is 38.5 Å². The molecule has 0 N–H and O–H groups in total. The summed E-state index contributed by atoms with van der Waals surface area (Å²) in [5, 5.41) is 0. The predicted octanol–water partition coefficient (Wildman–Crippen LogP) is 3.38. The second kappa shape index (κ2) is 4.16. The van der Waals surface area contributed by atoms with E-state index in [-0.39, 0.29) is 0 Å². The first kappa shape index (κ1) is 8.31. The van der Waals surface area contributed by atoms with Gasteiger partial charge in [0.15, 0.2) is 0 Å². The van der Waals surface area contributed by atoms with E-state index in [1.807, 2.05) is 0 Å². The summed E-state index contributed by atoms with van der Waals surface area (Å²) in [5.41, 5.74) is 0. The molecule has 0 aliphatic heterocycles. The van der Waals surface area contributed by atoms with Crippen LogP contribution in [0.2, 0.25) is 0 Å². The lowest BCUT2D eigenvalue weighted by molar-refractivity contribution is 0.412. The Balaban J connectivity index is 2.30. The SMILES string of the molecule is BrC1CCCCC1CI. The molecule has 2 unspecified atom stereocenters. The van der Waals surface area contributed by atoms with Gasteiger partial charge in [-0.1, -0.05) is 51.4 Å². The van der Waals surface area contributed by atoms with Gasteiger partial charge in [-0.05, 0) is 18.8 Å². The number of hydrogen-bond acceptors (Lipinski definition) is 0. The highest BCUT2D eigenvalue weighted by atomic mass is 127. The Morgan fingerprint density at radius 1 is 1.33 bits per heavy atom. The quantitative estimate of drug-likeness (QED) is 0.514. The fourth-order valence-corrected chi connectivity index (χ4v) is 3.86. The Morgan fingerprint density at radius 3 is 2.44 bits per heavy atom. The molecule has 0 saturated heterocycles. The van der Waals surface area contributed by atoms with Crippen molar-refractivity contribution in [3.63, 3.8) is 0 Å². The van der Waals surface area contributed by atoms with Crippen molar-refractivity contribution in [1.29, 1.82) is 0 Å². The summed E-state index contributed by atoms with van der Waals surface area (Å²) in [6.07, 6.45) is 5.73. The minimum absolute atomic E-state index is 0.822. The number of halogens is 2. The summed E-state index contributed by atoms with van der Waals surface area (Å²) < 4.78 is 1.33. The van der Waals surface area contributed by atoms with Crippen molar-refractivity contribution in [2.45, 2.75) is 30.5 Å². The fourth-order valence-electron chi connectivity index (χ4n) is 1.34. The molecule has 0 aromatic rings. The van der Waals surface area contributed by atoms with Gasteiger partial charge in [-0.25, -0.2) is 0 Å². The molecule has 1 aliphatic rings.